The number of hydrogen-bond donors (Lipinski definition) is 1. The van der Waals surface area contributed by atoms with Crippen LogP contribution in [0.1, 0.15) is 39.2 Å². The zero-order valence-corrected chi connectivity index (χ0v) is 21.7. The lowest BCUT2D eigenvalue weighted by Crippen LogP contribution is -2.40. The van der Waals surface area contributed by atoms with Crippen LogP contribution in [-0.4, -0.2) is 60.8 Å². The van der Waals surface area contributed by atoms with Gasteiger partial charge in [-0.1, -0.05) is 51.0 Å². The lowest BCUT2D eigenvalue weighted by molar-refractivity contribution is -0.275. The Balaban J connectivity index is 2.04. The van der Waals surface area contributed by atoms with Crippen molar-refractivity contribution in [2.45, 2.75) is 52.5 Å². The average molecular weight is 542 g/mol. The van der Waals surface area contributed by atoms with Crippen LogP contribution in [0.25, 0.3) is 0 Å². The van der Waals surface area contributed by atoms with Crippen molar-refractivity contribution in [3.05, 3.63) is 54.1 Å². The van der Waals surface area contributed by atoms with Gasteiger partial charge in [-0.05, 0) is 42.7 Å². The molecule has 0 aliphatic rings. The van der Waals surface area contributed by atoms with E-state index in [1.807, 2.05) is 13.8 Å². The average Bonchev–Trinajstić information content (AvgIpc) is 2.87. The van der Waals surface area contributed by atoms with Crippen molar-refractivity contribution in [3.63, 3.8) is 0 Å². The second-order valence-corrected chi connectivity index (χ2v) is 8.47. The summed E-state index contributed by atoms with van der Waals surface area (Å²) in [5, 5.41) is 9.24. The minimum atomic E-state index is -4.93. The van der Waals surface area contributed by atoms with Gasteiger partial charge in [0.1, 0.15) is 12.4 Å². The minimum absolute atomic E-state index is 0.103. The zero-order valence-electron chi connectivity index (χ0n) is 21.7. The van der Waals surface area contributed by atoms with Crippen molar-refractivity contribution in [1.82, 2.24) is 4.90 Å². The highest BCUT2D eigenvalue weighted by atomic mass is 19.4. The van der Waals surface area contributed by atoms with E-state index in [2.05, 4.69) is 4.74 Å². The van der Waals surface area contributed by atoms with Crippen molar-refractivity contribution in [2.75, 3.05) is 26.3 Å². The molecule has 1 atom stereocenters. The summed E-state index contributed by atoms with van der Waals surface area (Å²) in [5.74, 6) is -1.31. The van der Waals surface area contributed by atoms with E-state index in [-0.39, 0.29) is 37.8 Å². The maximum absolute atomic E-state index is 12.9. The van der Waals surface area contributed by atoms with Crippen molar-refractivity contribution in [1.29, 1.82) is 0 Å². The summed E-state index contributed by atoms with van der Waals surface area (Å²) in [6.07, 6.45) is -4.88. The Hall–Kier alpha value is -3.47. The number of carboxylic acids is 1. The number of alkyl halides is 3. The standard InChI is InChI=1S/C27H34F3NO7/c1-4-19(5-2)18-31(26(34)37-22-9-7-8-10-23(22)38-27(28,29)30)15-16-36-21-13-11-20(12-14-21)17-24(25(32)33)35-6-3/h7-14,19,24H,4-6,15-18H2,1-3H3,(H,32,33). The van der Waals surface area contributed by atoms with Gasteiger partial charge < -0.3 is 29.0 Å². The van der Waals surface area contributed by atoms with Crippen LogP contribution in [0.15, 0.2) is 48.5 Å². The minimum Gasteiger partial charge on any atom is -0.492 e. The fourth-order valence-electron chi connectivity index (χ4n) is 3.65. The summed E-state index contributed by atoms with van der Waals surface area (Å²) in [6.45, 7) is 6.56. The summed E-state index contributed by atoms with van der Waals surface area (Å²) >= 11 is 0. The maximum atomic E-state index is 12.9. The summed E-state index contributed by atoms with van der Waals surface area (Å²) in [4.78, 5) is 25.6. The largest absolute Gasteiger partial charge is 0.573 e. The number of carbonyl (C=O) groups excluding carboxylic acids is 1. The fraction of sp³-hybridized carbons (Fsp3) is 0.481. The molecule has 2 aromatic rings. The van der Waals surface area contributed by atoms with Gasteiger partial charge in [-0.2, -0.15) is 0 Å². The number of para-hydroxylation sites is 2. The topological polar surface area (TPSA) is 94.5 Å². The molecule has 1 N–H and O–H groups in total. The molecule has 0 spiro atoms. The molecule has 8 nitrogen and oxygen atoms in total. The first kappa shape index (κ1) is 30.8. The summed E-state index contributed by atoms with van der Waals surface area (Å²) in [7, 11) is 0. The second-order valence-electron chi connectivity index (χ2n) is 8.47. The Morgan fingerprint density at radius 3 is 2.16 bits per heavy atom. The smallest absolute Gasteiger partial charge is 0.492 e. The van der Waals surface area contributed by atoms with Gasteiger partial charge in [0.2, 0.25) is 0 Å². The fourth-order valence-corrected chi connectivity index (χ4v) is 3.65. The molecule has 11 heteroatoms. The van der Waals surface area contributed by atoms with E-state index >= 15 is 0 Å². The Bertz CT molecular complexity index is 1010. The van der Waals surface area contributed by atoms with Crippen molar-refractivity contribution >= 4 is 12.1 Å². The number of carbonyl (C=O) groups is 2. The highest BCUT2D eigenvalue weighted by Gasteiger charge is 2.33. The van der Waals surface area contributed by atoms with Crippen LogP contribution in [0.4, 0.5) is 18.0 Å². The Morgan fingerprint density at radius 2 is 1.61 bits per heavy atom. The molecule has 0 aromatic heterocycles. The number of hydrogen-bond acceptors (Lipinski definition) is 6. The van der Waals surface area contributed by atoms with Crippen LogP contribution in [0.5, 0.6) is 17.2 Å². The van der Waals surface area contributed by atoms with Gasteiger partial charge in [0.05, 0.1) is 6.54 Å². The molecular weight excluding hydrogens is 507 g/mol. The maximum Gasteiger partial charge on any atom is 0.573 e. The lowest BCUT2D eigenvalue weighted by Gasteiger charge is -2.26. The second kappa shape index (κ2) is 15.1. The van der Waals surface area contributed by atoms with Gasteiger partial charge in [-0.3, -0.25) is 0 Å². The summed E-state index contributed by atoms with van der Waals surface area (Å²) < 4.78 is 58.5. The van der Waals surface area contributed by atoms with Gasteiger partial charge >= 0.3 is 18.4 Å². The first-order chi connectivity index (χ1) is 18.1. The third-order valence-corrected chi connectivity index (χ3v) is 5.78. The molecule has 0 heterocycles. The van der Waals surface area contributed by atoms with E-state index in [1.165, 1.54) is 23.1 Å². The van der Waals surface area contributed by atoms with E-state index in [0.717, 1.165) is 24.5 Å². The van der Waals surface area contributed by atoms with Gasteiger partial charge in [-0.25, -0.2) is 9.59 Å². The number of ether oxygens (including phenoxy) is 4. The SMILES string of the molecule is CCOC(Cc1ccc(OCCN(CC(CC)CC)C(=O)Oc2ccccc2OC(F)(F)F)cc1)C(=O)O. The number of nitrogens with zero attached hydrogens (tertiary/aromatic N) is 1. The monoisotopic (exact) mass is 541 g/mol. The third kappa shape index (κ3) is 10.5. The lowest BCUT2D eigenvalue weighted by atomic mass is 10.0. The Labute approximate surface area is 220 Å². The molecule has 38 heavy (non-hydrogen) atoms. The van der Waals surface area contributed by atoms with Crippen LogP contribution in [-0.2, 0) is 16.0 Å². The molecule has 0 fully saturated rings. The van der Waals surface area contributed by atoms with E-state index in [9.17, 15) is 27.9 Å². The van der Waals surface area contributed by atoms with Crippen molar-refractivity contribution < 1.29 is 46.8 Å². The van der Waals surface area contributed by atoms with E-state index < -0.39 is 30.3 Å². The van der Waals surface area contributed by atoms with Crippen LogP contribution in [0, 0.1) is 5.92 Å². The molecule has 0 bridgehead atoms. The van der Waals surface area contributed by atoms with Gasteiger partial charge in [0, 0.05) is 19.6 Å². The van der Waals surface area contributed by atoms with Gasteiger partial charge in [0.25, 0.3) is 0 Å². The van der Waals surface area contributed by atoms with E-state index in [1.54, 1.807) is 31.2 Å². The molecule has 0 saturated carbocycles. The molecule has 0 saturated heterocycles. The summed E-state index contributed by atoms with van der Waals surface area (Å²) in [5.41, 5.74) is 0.761. The Morgan fingerprint density at radius 1 is 0.974 bits per heavy atom. The molecule has 210 valence electrons. The van der Waals surface area contributed by atoms with Crippen LogP contribution in [0.3, 0.4) is 0 Å². The molecule has 0 aliphatic heterocycles. The highest BCUT2D eigenvalue weighted by Crippen LogP contribution is 2.32. The normalized spacial score (nSPS) is 12.2. The third-order valence-electron chi connectivity index (χ3n) is 5.78. The predicted molar refractivity (Wildman–Crippen MR) is 133 cm³/mol. The number of rotatable bonds is 15. The first-order valence-corrected chi connectivity index (χ1v) is 12.4. The van der Waals surface area contributed by atoms with Crippen LogP contribution >= 0.6 is 0 Å². The van der Waals surface area contributed by atoms with E-state index in [0.29, 0.717) is 12.3 Å². The zero-order chi connectivity index (χ0) is 28.1. The molecule has 1 unspecified atom stereocenters. The quantitative estimate of drug-likeness (QED) is 0.299. The Kier molecular flexibility index (Phi) is 12.2. The van der Waals surface area contributed by atoms with Gasteiger partial charge in [0.15, 0.2) is 17.6 Å². The molecule has 1 amide bonds. The molecule has 2 aromatic carbocycles. The molecular formula is C27H34F3NO7. The first-order valence-electron chi connectivity index (χ1n) is 12.4. The van der Waals surface area contributed by atoms with E-state index in [4.69, 9.17) is 14.2 Å². The van der Waals surface area contributed by atoms with Crippen LogP contribution in [0.2, 0.25) is 0 Å². The number of amides is 1. The van der Waals surface area contributed by atoms with Crippen LogP contribution < -0.4 is 14.2 Å². The number of carboxylic acid groups (broad SMARTS) is 1. The van der Waals surface area contributed by atoms with Gasteiger partial charge in [-0.15, -0.1) is 13.2 Å². The number of benzene rings is 2. The summed E-state index contributed by atoms with van der Waals surface area (Å²) in [6, 6.07) is 11.9. The van der Waals surface area contributed by atoms with Crippen molar-refractivity contribution in [3.8, 4) is 17.2 Å². The molecule has 0 radical (unpaired) electrons. The molecule has 2 rings (SSSR count). The predicted octanol–water partition coefficient (Wildman–Crippen LogP) is 5.93. The number of aliphatic carboxylic acids is 1. The molecule has 0 aliphatic carbocycles. The highest BCUT2D eigenvalue weighted by molar-refractivity contribution is 5.73. The number of halogens is 3. The van der Waals surface area contributed by atoms with Crippen molar-refractivity contribution in [2.24, 2.45) is 5.92 Å².